The van der Waals surface area contributed by atoms with Crippen LogP contribution in [0.15, 0.2) is 66.7 Å². The topological polar surface area (TPSA) is 42.0 Å². The van der Waals surface area contributed by atoms with Crippen LogP contribution in [0.2, 0.25) is 20.1 Å². The van der Waals surface area contributed by atoms with E-state index in [-0.39, 0.29) is 5.91 Å². The van der Waals surface area contributed by atoms with Crippen LogP contribution in [0.3, 0.4) is 0 Å². The predicted molar refractivity (Wildman–Crippen MR) is 125 cm³/mol. The zero-order valence-electron chi connectivity index (χ0n) is 15.4. The molecule has 0 atom stereocenters. The Balaban J connectivity index is 1.71. The third-order valence-electron chi connectivity index (χ3n) is 4.60. The summed E-state index contributed by atoms with van der Waals surface area (Å²) in [5.41, 5.74) is 3.33. The van der Waals surface area contributed by atoms with Crippen molar-refractivity contribution in [2.45, 2.75) is 6.54 Å². The van der Waals surface area contributed by atoms with Gasteiger partial charge in [-0.15, -0.1) is 0 Å². The van der Waals surface area contributed by atoms with Gasteiger partial charge in [-0.1, -0.05) is 70.7 Å². The number of para-hydroxylation sites is 1. The molecular formula is C23H14Cl4N2O. The molecule has 0 bridgehead atoms. The van der Waals surface area contributed by atoms with Crippen LogP contribution in [-0.4, -0.2) is 10.9 Å². The second-order valence-corrected chi connectivity index (χ2v) is 8.29. The summed E-state index contributed by atoms with van der Waals surface area (Å²) in [6.07, 6.45) is 0. The van der Waals surface area contributed by atoms with Crippen molar-refractivity contribution in [3.8, 4) is 11.3 Å². The molecule has 3 nitrogen and oxygen atoms in total. The number of carbonyl (C=O) groups excluding carboxylic acids is 1. The highest BCUT2D eigenvalue weighted by atomic mass is 35.5. The molecule has 0 aliphatic rings. The monoisotopic (exact) mass is 474 g/mol. The van der Waals surface area contributed by atoms with Gasteiger partial charge in [0.1, 0.15) is 0 Å². The molecule has 30 heavy (non-hydrogen) atoms. The van der Waals surface area contributed by atoms with E-state index >= 15 is 0 Å². The first-order valence-corrected chi connectivity index (χ1v) is 10.5. The van der Waals surface area contributed by atoms with E-state index in [4.69, 9.17) is 46.4 Å². The number of nitrogens with zero attached hydrogens (tertiary/aromatic N) is 1. The van der Waals surface area contributed by atoms with E-state index in [1.54, 1.807) is 36.4 Å². The number of nitrogens with one attached hydrogen (secondary N) is 1. The van der Waals surface area contributed by atoms with E-state index in [0.29, 0.717) is 49.0 Å². The SMILES string of the molecule is O=C(NCc1ccc(Cl)c(Cl)c1)c1cc(-c2ccc(Cl)cc2Cl)nc2ccccc12. The lowest BCUT2D eigenvalue weighted by Crippen LogP contribution is -2.23. The number of rotatable bonds is 4. The first-order valence-electron chi connectivity index (χ1n) is 9.00. The van der Waals surface area contributed by atoms with Crippen LogP contribution in [0.25, 0.3) is 22.2 Å². The molecule has 0 saturated carbocycles. The molecule has 1 heterocycles. The zero-order valence-corrected chi connectivity index (χ0v) is 18.4. The summed E-state index contributed by atoms with van der Waals surface area (Å²) in [7, 11) is 0. The Labute approximate surface area is 193 Å². The first kappa shape index (κ1) is 21.0. The Kier molecular flexibility index (Phi) is 6.16. The van der Waals surface area contributed by atoms with Crippen molar-refractivity contribution < 1.29 is 4.79 Å². The zero-order chi connectivity index (χ0) is 21.3. The molecule has 0 aliphatic heterocycles. The van der Waals surface area contributed by atoms with E-state index in [2.05, 4.69) is 10.3 Å². The number of benzene rings is 3. The van der Waals surface area contributed by atoms with Crippen molar-refractivity contribution in [3.05, 3.63) is 97.9 Å². The molecule has 0 fully saturated rings. The number of halogens is 4. The van der Waals surface area contributed by atoms with E-state index in [1.165, 1.54) is 0 Å². The second kappa shape index (κ2) is 8.83. The van der Waals surface area contributed by atoms with Gasteiger partial charge in [0.2, 0.25) is 0 Å². The normalized spacial score (nSPS) is 10.9. The van der Waals surface area contributed by atoms with Crippen LogP contribution >= 0.6 is 46.4 Å². The van der Waals surface area contributed by atoms with Crippen LogP contribution in [0.1, 0.15) is 15.9 Å². The Morgan fingerprint density at radius 3 is 2.40 bits per heavy atom. The van der Waals surface area contributed by atoms with Crippen molar-refractivity contribution in [1.82, 2.24) is 10.3 Å². The Bertz CT molecular complexity index is 1270. The summed E-state index contributed by atoms with van der Waals surface area (Å²) in [6.45, 7) is 0.309. The average Bonchev–Trinajstić information content (AvgIpc) is 2.73. The highest BCUT2D eigenvalue weighted by Crippen LogP contribution is 2.32. The van der Waals surface area contributed by atoms with Gasteiger partial charge in [-0.05, 0) is 48.0 Å². The highest BCUT2D eigenvalue weighted by molar-refractivity contribution is 6.42. The number of hydrogen-bond acceptors (Lipinski definition) is 2. The second-order valence-electron chi connectivity index (χ2n) is 6.63. The molecule has 7 heteroatoms. The number of carbonyl (C=O) groups is 1. The van der Waals surface area contributed by atoms with Gasteiger partial charge in [-0.25, -0.2) is 4.98 Å². The van der Waals surface area contributed by atoms with Gasteiger partial charge in [0.05, 0.1) is 31.8 Å². The number of pyridine rings is 1. The lowest BCUT2D eigenvalue weighted by Gasteiger charge is -2.12. The molecule has 3 aromatic carbocycles. The van der Waals surface area contributed by atoms with E-state index in [9.17, 15) is 4.79 Å². The molecule has 1 amide bonds. The molecular weight excluding hydrogens is 462 g/mol. The van der Waals surface area contributed by atoms with E-state index in [0.717, 1.165) is 10.9 Å². The maximum Gasteiger partial charge on any atom is 0.252 e. The minimum absolute atomic E-state index is 0.231. The van der Waals surface area contributed by atoms with Crippen molar-refractivity contribution >= 4 is 63.2 Å². The van der Waals surface area contributed by atoms with Crippen molar-refractivity contribution in [1.29, 1.82) is 0 Å². The Morgan fingerprint density at radius 1 is 0.833 bits per heavy atom. The summed E-state index contributed by atoms with van der Waals surface area (Å²) < 4.78 is 0. The largest absolute Gasteiger partial charge is 0.348 e. The molecule has 0 aliphatic carbocycles. The number of fused-ring (bicyclic) bond motifs is 1. The van der Waals surface area contributed by atoms with Gasteiger partial charge in [0.25, 0.3) is 5.91 Å². The van der Waals surface area contributed by atoms with Crippen molar-refractivity contribution in [3.63, 3.8) is 0 Å². The fourth-order valence-corrected chi connectivity index (χ4v) is 3.95. The average molecular weight is 476 g/mol. The van der Waals surface area contributed by atoms with Gasteiger partial charge in [-0.3, -0.25) is 4.79 Å². The Hall–Kier alpha value is -2.30. The molecule has 0 spiro atoms. The molecule has 4 aromatic rings. The first-order chi connectivity index (χ1) is 14.4. The van der Waals surface area contributed by atoms with Crippen molar-refractivity contribution in [2.75, 3.05) is 0 Å². The molecule has 0 unspecified atom stereocenters. The van der Waals surface area contributed by atoms with Gasteiger partial charge >= 0.3 is 0 Å². The quantitative estimate of drug-likeness (QED) is 0.333. The summed E-state index contributed by atoms with van der Waals surface area (Å²) in [5.74, 6) is -0.231. The predicted octanol–water partition coefficient (Wildman–Crippen LogP) is 7.45. The number of amides is 1. The molecule has 1 aromatic heterocycles. The molecule has 150 valence electrons. The Morgan fingerprint density at radius 2 is 1.63 bits per heavy atom. The van der Waals surface area contributed by atoms with Gasteiger partial charge in [0.15, 0.2) is 0 Å². The maximum atomic E-state index is 13.1. The fourth-order valence-electron chi connectivity index (χ4n) is 3.13. The molecule has 4 rings (SSSR count). The summed E-state index contributed by atoms with van der Waals surface area (Å²) >= 11 is 24.4. The number of aromatic nitrogens is 1. The summed E-state index contributed by atoms with van der Waals surface area (Å²) in [4.78, 5) is 17.7. The third kappa shape index (κ3) is 4.40. The minimum atomic E-state index is -0.231. The lowest BCUT2D eigenvalue weighted by atomic mass is 10.0. The summed E-state index contributed by atoms with van der Waals surface area (Å²) in [6, 6.07) is 19.6. The smallest absolute Gasteiger partial charge is 0.252 e. The fraction of sp³-hybridized carbons (Fsp3) is 0.0435. The van der Waals surface area contributed by atoms with Crippen LogP contribution in [0, 0.1) is 0 Å². The molecule has 1 N–H and O–H groups in total. The van der Waals surface area contributed by atoms with Gasteiger partial charge in [-0.2, -0.15) is 0 Å². The summed E-state index contributed by atoms with van der Waals surface area (Å²) in [5, 5.41) is 5.59. The lowest BCUT2D eigenvalue weighted by molar-refractivity contribution is 0.0952. The molecule has 0 radical (unpaired) electrons. The van der Waals surface area contributed by atoms with Crippen molar-refractivity contribution in [2.24, 2.45) is 0 Å². The van der Waals surface area contributed by atoms with Gasteiger partial charge in [0, 0.05) is 22.5 Å². The van der Waals surface area contributed by atoms with E-state index < -0.39 is 0 Å². The van der Waals surface area contributed by atoms with E-state index in [1.807, 2.05) is 30.3 Å². The van der Waals surface area contributed by atoms with Gasteiger partial charge < -0.3 is 5.32 Å². The molecule has 0 saturated heterocycles. The van der Waals surface area contributed by atoms with Crippen LogP contribution < -0.4 is 5.32 Å². The standard InChI is InChI=1S/C23H14Cl4N2O/c24-14-6-7-16(19(26)10-14)22-11-17(15-3-1-2-4-21(15)29-22)23(30)28-12-13-5-8-18(25)20(27)9-13/h1-11H,12H2,(H,28,30). The van der Waals surface area contributed by atoms with Crippen LogP contribution in [0.4, 0.5) is 0 Å². The minimum Gasteiger partial charge on any atom is -0.348 e. The maximum absolute atomic E-state index is 13.1. The van der Waals surface area contributed by atoms with Crippen LogP contribution in [-0.2, 0) is 6.54 Å². The number of hydrogen-bond donors (Lipinski definition) is 1. The third-order valence-corrected chi connectivity index (χ3v) is 5.89. The van der Waals surface area contributed by atoms with Crippen LogP contribution in [0.5, 0.6) is 0 Å². The highest BCUT2D eigenvalue weighted by Gasteiger charge is 2.15.